The number of aromatic nitrogens is 2. The summed E-state index contributed by atoms with van der Waals surface area (Å²) in [6, 6.07) is 15.2. The lowest BCUT2D eigenvalue weighted by molar-refractivity contribution is -0.387. The number of carbonyl (C=O) groups is 3. The van der Waals surface area contributed by atoms with Gasteiger partial charge in [-0.1, -0.05) is 29.3 Å². The van der Waals surface area contributed by atoms with Gasteiger partial charge in [-0.2, -0.15) is 4.73 Å². The third-order valence-corrected chi connectivity index (χ3v) is 12.0. The van der Waals surface area contributed by atoms with Crippen molar-refractivity contribution in [1.82, 2.24) is 20.3 Å². The Morgan fingerprint density at radius 2 is 1.77 bits per heavy atom. The lowest BCUT2D eigenvalue weighted by Gasteiger charge is -2.57. The molecule has 8 atom stereocenters. The zero-order valence-corrected chi connectivity index (χ0v) is 38.1. The Hall–Kier alpha value is -7.31. The number of carbonyl (C=O) groups excluding carboxylic acids is 2. The number of hydrogen-bond acceptors (Lipinski definition) is 17. The van der Waals surface area contributed by atoms with E-state index in [0.29, 0.717) is 34.0 Å². The number of guanidine groups is 1. The number of phenols is 1. The summed E-state index contributed by atoms with van der Waals surface area (Å²) in [6.45, 7) is 1.50. The summed E-state index contributed by atoms with van der Waals surface area (Å²) in [4.78, 5) is 64.6. The molecule has 0 bridgehead atoms. The van der Waals surface area contributed by atoms with Gasteiger partial charge in [-0.25, -0.2) is 9.59 Å². The molecule has 0 unspecified atom stereocenters. The molecule has 1 saturated heterocycles. The van der Waals surface area contributed by atoms with Gasteiger partial charge in [-0.3, -0.25) is 15.1 Å². The van der Waals surface area contributed by atoms with Crippen LogP contribution < -0.4 is 31.4 Å². The molecule has 1 fully saturated rings. The fraction of sp³-hybridized carbons (Fsp3) is 0.354. The average Bonchev–Trinajstić information content (AvgIpc) is 3.93. The zero-order chi connectivity index (χ0) is 50.5. The number of aliphatic hydroxyl groups is 5. The number of nitrogens with zero attached hydrogens (tertiary/aromatic N) is 2. The molecule has 372 valence electrons. The lowest BCUT2D eigenvalue weighted by Crippen LogP contribution is -2.83. The molecule has 12 N–H and O–H groups in total. The molecule has 7 rings (SSSR count). The van der Waals surface area contributed by atoms with E-state index in [9.17, 15) is 54.9 Å². The van der Waals surface area contributed by atoms with Gasteiger partial charge in [0.05, 0.1) is 35.4 Å². The molecule has 1 aliphatic heterocycles. The molecular weight excluding hydrogens is 917 g/mol. The number of aldehydes is 1. The number of H-pyrrole nitrogens is 1. The van der Waals surface area contributed by atoms with E-state index in [1.165, 1.54) is 60.5 Å². The number of aliphatic imine (C=N–C) groups is 1. The van der Waals surface area contributed by atoms with Crippen molar-refractivity contribution in [2.75, 3.05) is 26.8 Å². The molecule has 3 aromatic heterocycles. The fourth-order valence-corrected chi connectivity index (χ4v) is 8.62. The number of aryl methyl sites for hydroxylation is 2. The summed E-state index contributed by atoms with van der Waals surface area (Å²) < 4.78 is 25.7. The van der Waals surface area contributed by atoms with Crippen LogP contribution in [-0.2, 0) is 23.9 Å². The summed E-state index contributed by atoms with van der Waals surface area (Å²) >= 11 is 0. The van der Waals surface area contributed by atoms with Gasteiger partial charge in [0.2, 0.25) is 24.7 Å². The number of carboxylic acid groups (broad SMARTS) is 1. The Morgan fingerprint density at radius 1 is 1.04 bits per heavy atom. The summed E-state index contributed by atoms with van der Waals surface area (Å²) in [6.07, 6.45) is -6.71. The average molecular weight is 971 g/mol. The van der Waals surface area contributed by atoms with Crippen LogP contribution in [0.2, 0.25) is 0 Å². The molecule has 4 heterocycles. The van der Waals surface area contributed by atoms with Crippen molar-refractivity contribution >= 4 is 46.1 Å². The number of benzene rings is 3. The van der Waals surface area contributed by atoms with Crippen molar-refractivity contribution in [3.63, 3.8) is 0 Å². The smallest absolute Gasteiger partial charge is 0.336 e. The molecule has 0 amide bonds. The molecule has 70 heavy (non-hydrogen) atoms. The van der Waals surface area contributed by atoms with Crippen molar-refractivity contribution in [2.24, 2.45) is 10.7 Å². The number of aromatic hydroxyl groups is 1. The Bertz CT molecular complexity index is 2910. The molecular formula is C48H54N6O16. The number of rotatable bonds is 20. The van der Waals surface area contributed by atoms with E-state index in [1.54, 1.807) is 18.5 Å². The second-order valence-corrected chi connectivity index (χ2v) is 16.8. The van der Waals surface area contributed by atoms with Crippen molar-refractivity contribution in [3.8, 4) is 33.9 Å². The van der Waals surface area contributed by atoms with Crippen molar-refractivity contribution in [1.29, 1.82) is 0 Å². The van der Waals surface area contributed by atoms with Crippen molar-refractivity contribution in [3.05, 3.63) is 107 Å². The summed E-state index contributed by atoms with van der Waals surface area (Å²) in [7, 11) is 1.23. The van der Waals surface area contributed by atoms with Gasteiger partial charge in [0.15, 0.2) is 28.7 Å². The molecule has 0 aliphatic carbocycles. The maximum absolute atomic E-state index is 13.8. The quantitative estimate of drug-likeness (QED) is 0.00965. The molecule has 0 saturated carbocycles. The number of hydrogen-bond donors (Lipinski definition) is 11. The molecule has 6 aromatic rings. The first kappa shape index (κ1) is 50.6. The highest BCUT2D eigenvalue weighted by atomic mass is 16.8. The van der Waals surface area contributed by atoms with E-state index in [1.807, 2.05) is 32.0 Å². The van der Waals surface area contributed by atoms with E-state index in [2.05, 4.69) is 20.6 Å². The third kappa shape index (κ3) is 9.91. The summed E-state index contributed by atoms with van der Waals surface area (Å²) in [5, 5.41) is 85.3. The van der Waals surface area contributed by atoms with Gasteiger partial charge in [-0.05, 0) is 74.7 Å². The van der Waals surface area contributed by atoms with Gasteiger partial charge in [0.1, 0.15) is 35.3 Å². The van der Waals surface area contributed by atoms with E-state index in [0.717, 1.165) is 11.1 Å². The highest BCUT2D eigenvalue weighted by Gasteiger charge is 2.72. The number of phenolic OH excluding ortho intramolecular Hbond substituents is 1. The van der Waals surface area contributed by atoms with Crippen LogP contribution in [0.25, 0.3) is 44.3 Å². The molecule has 0 radical (unpaired) electrons. The second-order valence-electron chi connectivity index (χ2n) is 16.8. The summed E-state index contributed by atoms with van der Waals surface area (Å²) in [5.41, 5.74) is 3.19. The zero-order valence-electron chi connectivity index (χ0n) is 38.1. The topological polar surface area (TPSA) is 343 Å². The van der Waals surface area contributed by atoms with Crippen molar-refractivity contribution in [2.45, 2.75) is 81.2 Å². The van der Waals surface area contributed by atoms with E-state index >= 15 is 0 Å². The molecule has 3 aromatic carbocycles. The number of carboxylic acids is 1. The Balaban J connectivity index is 1.42. The lowest BCUT2D eigenvalue weighted by atomic mass is 9.68. The van der Waals surface area contributed by atoms with Crippen LogP contribution in [0.4, 0.5) is 0 Å². The second kappa shape index (κ2) is 21.1. The molecule has 22 nitrogen and oxygen atoms in total. The Kier molecular flexibility index (Phi) is 15.3. The van der Waals surface area contributed by atoms with Gasteiger partial charge >= 0.3 is 11.9 Å². The number of nitrogens with two attached hydrogens (primary N) is 1. The van der Waals surface area contributed by atoms with Gasteiger partial charge < -0.3 is 80.0 Å². The van der Waals surface area contributed by atoms with Crippen molar-refractivity contribution < 1.29 is 73.6 Å². The van der Waals surface area contributed by atoms with Crippen LogP contribution in [0, 0.1) is 13.8 Å². The standard InChI is InChI=1S/C48H54N6O16/c1-25-18-26(2)20-29(19-25)38-36-28(13-15-52-36)22-54(38)70-41-45(67-31-11-12-32-34(21-31)66-23-33(39(32)60)27-7-9-30(58)10-8-27)68-40(47(64,24-57)48(41,65)35(59)6-4-16-55)42(53-46(49)50-3)69-44(63)37(43(61)62)51-14-5-17-56/h7-13,15,17-23,35,37,40-42,45,51-52,55,57-59,64-65H,4-6,14,16,24H2,1-3H3,(H,61,62)(H3,49,50,53)/t35-,37-,40+,41-,42-,45+,47+,48+/m1/s1. The van der Waals surface area contributed by atoms with E-state index in [-0.39, 0.29) is 47.4 Å². The molecule has 1 aliphatic rings. The Morgan fingerprint density at radius 3 is 2.43 bits per heavy atom. The number of nitrogens with one attached hydrogen (secondary N) is 3. The Labute approximate surface area is 398 Å². The largest absolute Gasteiger partial charge is 0.508 e. The minimum atomic E-state index is -3.21. The fourth-order valence-electron chi connectivity index (χ4n) is 8.62. The number of esters is 1. The SMILES string of the molecule is CN=C(N)N[C@H](OC(=O)[C@H](NCCC=O)C(=O)O)[C@@H]1O[C@H](Oc2ccc3c(=O)c(-c4ccc(O)cc4)coc3c2)[C@@H](On2cc3cc[nH]c3c2-c2cc(C)cc(C)c2)[C@@](O)([C@H](O)CCCO)[C@]1(O)CO. The highest BCUT2D eigenvalue weighted by Crippen LogP contribution is 2.45. The van der Waals surface area contributed by atoms with Crippen LogP contribution >= 0.6 is 0 Å². The third-order valence-electron chi connectivity index (χ3n) is 12.0. The first-order valence-electron chi connectivity index (χ1n) is 22.0. The minimum absolute atomic E-state index is 0.000965. The maximum atomic E-state index is 13.8. The first-order chi connectivity index (χ1) is 33.5. The van der Waals surface area contributed by atoms with Crippen LogP contribution in [0.1, 0.15) is 30.4 Å². The van der Waals surface area contributed by atoms with E-state index < -0.39 is 91.0 Å². The summed E-state index contributed by atoms with van der Waals surface area (Å²) in [5.74, 6) is -3.89. The van der Waals surface area contributed by atoms with Crippen LogP contribution in [0.5, 0.6) is 11.5 Å². The number of fused-ring (bicyclic) bond motifs is 2. The van der Waals surface area contributed by atoms with Crippen LogP contribution in [0.3, 0.4) is 0 Å². The maximum Gasteiger partial charge on any atom is 0.336 e. The molecule has 22 heteroatoms. The predicted molar refractivity (Wildman–Crippen MR) is 250 cm³/mol. The first-order valence-corrected chi connectivity index (χ1v) is 22.0. The number of aliphatic carboxylic acids is 1. The predicted octanol–water partition coefficient (Wildman–Crippen LogP) is 0.956. The van der Waals surface area contributed by atoms with Gasteiger partial charge in [0, 0.05) is 49.8 Å². The normalized spacial score (nSPS) is 21.8. The minimum Gasteiger partial charge on any atom is -0.508 e. The van der Waals surface area contributed by atoms with E-state index in [4.69, 9.17) is 29.2 Å². The van der Waals surface area contributed by atoms with Gasteiger partial charge in [-0.15, -0.1) is 0 Å². The highest BCUT2D eigenvalue weighted by molar-refractivity contribution is 5.98. The van der Waals surface area contributed by atoms with Crippen LogP contribution in [0.15, 0.2) is 99.6 Å². The molecule has 0 spiro atoms. The number of aromatic amines is 1. The number of ether oxygens (including phenoxy) is 3. The van der Waals surface area contributed by atoms with Gasteiger partial charge in [0.25, 0.3) is 0 Å². The number of aliphatic hydroxyl groups excluding tert-OH is 3. The monoisotopic (exact) mass is 970 g/mol. The van der Waals surface area contributed by atoms with Crippen LogP contribution in [-0.4, -0.2) is 145 Å².